The molecule has 0 N–H and O–H groups in total. The molecule has 0 aromatic rings. The van der Waals surface area contributed by atoms with Crippen LogP contribution >= 0.6 is 0 Å². The summed E-state index contributed by atoms with van der Waals surface area (Å²) in [5.74, 6) is 0. The molecule has 0 bridgehead atoms. The molecule has 0 aromatic heterocycles. The minimum absolute atomic E-state index is 0. The van der Waals surface area contributed by atoms with E-state index >= 15 is 0 Å². The first-order chi connectivity index (χ1) is 5.08. The quantitative estimate of drug-likeness (QED) is 0.610. The van der Waals surface area contributed by atoms with Crippen LogP contribution in [0.1, 0.15) is 20.8 Å². The normalized spacial score (nSPS) is 8.00. The molecule has 0 aliphatic heterocycles. The predicted octanol–water partition coefficient (Wildman–Crippen LogP) is -1.10. The Bertz CT molecular complexity index is 87.1. The maximum Gasteiger partial charge on any atom is 2.00 e. The fourth-order valence-electron chi connectivity index (χ4n) is 0.671. The Balaban J connectivity index is -0.000000142. The number of hydrogen-bond donors (Lipinski definition) is 0. The van der Waals surface area contributed by atoms with Crippen LogP contribution in [-0.4, -0.2) is 30.7 Å². The molecule has 1 radical (unpaired) electrons. The van der Waals surface area contributed by atoms with Crippen LogP contribution in [0.5, 0.6) is 0 Å². The van der Waals surface area contributed by atoms with Crippen molar-refractivity contribution in [3.63, 3.8) is 0 Å². The fourth-order valence-corrected chi connectivity index (χ4v) is 0.671. The summed E-state index contributed by atoms with van der Waals surface area (Å²) in [6, 6.07) is 0. The van der Waals surface area contributed by atoms with Crippen molar-refractivity contribution >= 4 is 6.16 Å². The third-order valence-electron chi connectivity index (χ3n) is 1.34. The zero-order valence-corrected chi connectivity index (χ0v) is 9.08. The van der Waals surface area contributed by atoms with Gasteiger partial charge in [-0.15, -0.1) is 0 Å². The van der Waals surface area contributed by atoms with Crippen molar-refractivity contribution in [3.8, 4) is 0 Å². The molecule has 0 aliphatic carbocycles. The molecular weight excluding hydrogens is 254 g/mol. The van der Waals surface area contributed by atoms with Gasteiger partial charge in [-0.25, -0.2) is 0 Å². The van der Waals surface area contributed by atoms with Gasteiger partial charge in [0.05, 0.1) is 0 Å². The zero-order valence-electron chi connectivity index (χ0n) is 7.59. The third-order valence-corrected chi connectivity index (χ3v) is 1.34. The molecule has 0 amide bonds. The summed E-state index contributed by atoms with van der Waals surface area (Å²) in [5.41, 5.74) is 0. The molecule has 5 heteroatoms. The molecule has 0 aliphatic rings. The molecule has 0 spiro atoms. The second-order valence-electron chi connectivity index (χ2n) is 1.87. The van der Waals surface area contributed by atoms with Gasteiger partial charge in [0.15, 0.2) is 0 Å². The average molecular weight is 269 g/mol. The maximum absolute atomic E-state index is 8.33. The van der Waals surface area contributed by atoms with E-state index in [9.17, 15) is 0 Å². The van der Waals surface area contributed by atoms with Gasteiger partial charge >= 0.3 is 22.4 Å². The molecule has 0 aromatic carbocycles. The second kappa shape index (κ2) is 13.6. The smallest absolute Gasteiger partial charge is 0.652 e. The number of carbonyl (C=O) groups excluding carboxylic acids is 1. The van der Waals surface area contributed by atoms with Gasteiger partial charge in [-0.05, 0) is 25.8 Å². The van der Waals surface area contributed by atoms with Crippen molar-refractivity contribution in [2.45, 2.75) is 20.8 Å². The van der Waals surface area contributed by atoms with E-state index in [1.807, 2.05) is 0 Å². The third kappa shape index (κ3) is 22.5. The van der Waals surface area contributed by atoms with E-state index in [0.717, 1.165) is 0 Å². The maximum atomic E-state index is 8.33. The van der Waals surface area contributed by atoms with Crippen LogP contribution in [-0.2, 0) is 22.4 Å². The molecule has 0 heterocycles. The van der Waals surface area contributed by atoms with Crippen molar-refractivity contribution < 1.29 is 37.4 Å². The van der Waals surface area contributed by atoms with Gasteiger partial charge in [0, 0.05) is 0 Å². The number of carbonyl (C=O) groups is 1. The van der Waals surface area contributed by atoms with E-state index in [1.54, 1.807) is 0 Å². The Labute approximate surface area is 89.1 Å². The van der Waals surface area contributed by atoms with Crippen molar-refractivity contribution in [3.05, 3.63) is 0 Å². The molecule has 0 saturated carbocycles. The number of rotatable bonds is 3. The van der Waals surface area contributed by atoms with Crippen LogP contribution in [0.3, 0.4) is 0 Å². The monoisotopic (exact) mass is 268 g/mol. The summed E-state index contributed by atoms with van der Waals surface area (Å²) < 4.78 is 0. The van der Waals surface area contributed by atoms with Crippen molar-refractivity contribution in [2.75, 3.05) is 19.6 Å². The molecule has 77 valence electrons. The van der Waals surface area contributed by atoms with Gasteiger partial charge < -0.3 is 19.9 Å². The van der Waals surface area contributed by atoms with Crippen LogP contribution in [0.25, 0.3) is 0 Å². The summed E-state index contributed by atoms with van der Waals surface area (Å²) in [6.45, 7) is 10.1. The van der Waals surface area contributed by atoms with Crippen LogP contribution in [0, 0.1) is 0 Å². The van der Waals surface area contributed by atoms with E-state index in [-0.39, 0.29) is 22.4 Å². The molecule has 4 nitrogen and oxygen atoms in total. The van der Waals surface area contributed by atoms with E-state index in [1.165, 1.54) is 19.6 Å². The summed E-state index contributed by atoms with van der Waals surface area (Å²) in [4.78, 5) is 10.7. The minimum Gasteiger partial charge on any atom is -0.652 e. The molecule has 0 fully saturated rings. The largest absolute Gasteiger partial charge is 2.00 e. The van der Waals surface area contributed by atoms with Crippen molar-refractivity contribution in [1.82, 2.24) is 4.90 Å². The van der Waals surface area contributed by atoms with Gasteiger partial charge in [0.2, 0.25) is 0 Å². The van der Waals surface area contributed by atoms with E-state index in [0.29, 0.717) is 0 Å². The predicted molar refractivity (Wildman–Crippen MR) is 38.9 cm³/mol. The standard InChI is InChI=1S/C6H15N.CH2O3.Ag/c1-4-7(5-2)6-3;2-1(3)4;/h4-6H2,1-3H3;(H2,2,3,4);/q;;+2/p-2. The molecular formula is C7H15AgNO3. The minimum atomic E-state index is -2.33. The Morgan fingerprint density at radius 3 is 1.25 bits per heavy atom. The molecule has 0 rings (SSSR count). The van der Waals surface area contributed by atoms with Crippen molar-refractivity contribution in [1.29, 1.82) is 0 Å². The van der Waals surface area contributed by atoms with E-state index in [4.69, 9.17) is 15.0 Å². The SMILES string of the molecule is CCN(CC)CC.O=C([O-])[O-].[Ag+2]. The van der Waals surface area contributed by atoms with Crippen LogP contribution in [0.15, 0.2) is 0 Å². The molecule has 0 saturated heterocycles. The molecule has 0 unspecified atom stereocenters. The topological polar surface area (TPSA) is 66.4 Å². The first-order valence-electron chi connectivity index (χ1n) is 3.68. The van der Waals surface area contributed by atoms with E-state index in [2.05, 4.69) is 25.7 Å². The Morgan fingerprint density at radius 2 is 1.25 bits per heavy atom. The van der Waals surface area contributed by atoms with Crippen LogP contribution in [0.4, 0.5) is 4.79 Å². The van der Waals surface area contributed by atoms with Gasteiger partial charge in [0.25, 0.3) is 0 Å². The Hall–Kier alpha value is -0.0297. The summed E-state index contributed by atoms with van der Waals surface area (Å²) in [7, 11) is 0. The average Bonchev–Trinajstić information content (AvgIpc) is 1.90. The summed E-state index contributed by atoms with van der Waals surface area (Å²) in [5, 5.41) is 16.7. The Morgan fingerprint density at radius 1 is 1.08 bits per heavy atom. The van der Waals surface area contributed by atoms with Crippen molar-refractivity contribution in [2.24, 2.45) is 0 Å². The van der Waals surface area contributed by atoms with Crippen LogP contribution in [0.2, 0.25) is 0 Å². The zero-order chi connectivity index (χ0) is 9.28. The fraction of sp³-hybridized carbons (Fsp3) is 0.857. The Kier molecular flexibility index (Phi) is 20.2. The number of nitrogens with zero attached hydrogens (tertiary/aromatic N) is 1. The van der Waals surface area contributed by atoms with Gasteiger partial charge in [-0.3, -0.25) is 0 Å². The van der Waals surface area contributed by atoms with Gasteiger partial charge in [0.1, 0.15) is 0 Å². The summed E-state index contributed by atoms with van der Waals surface area (Å²) >= 11 is 0. The van der Waals surface area contributed by atoms with Gasteiger partial charge in [-0.1, -0.05) is 20.8 Å². The first kappa shape index (κ1) is 17.9. The van der Waals surface area contributed by atoms with Crippen LogP contribution < -0.4 is 10.2 Å². The summed E-state index contributed by atoms with van der Waals surface area (Å²) in [6.07, 6.45) is -2.33. The van der Waals surface area contributed by atoms with Gasteiger partial charge in [-0.2, -0.15) is 0 Å². The van der Waals surface area contributed by atoms with E-state index < -0.39 is 6.16 Å². The molecule has 0 atom stereocenters. The second-order valence-corrected chi connectivity index (χ2v) is 1.87. The number of hydrogen-bond acceptors (Lipinski definition) is 4. The molecule has 12 heavy (non-hydrogen) atoms. The first-order valence-corrected chi connectivity index (χ1v) is 3.68. The number of carboxylic acid groups (broad SMARTS) is 2.